The van der Waals surface area contributed by atoms with Gasteiger partial charge >= 0.3 is 0 Å². The molecule has 2 heterocycles. The van der Waals surface area contributed by atoms with Crippen molar-refractivity contribution in [2.24, 2.45) is 5.92 Å². The molecule has 1 aromatic heterocycles. The number of carbonyl (C=O) groups is 2. The predicted octanol–water partition coefficient (Wildman–Crippen LogP) is 2.91. The first-order valence-electron chi connectivity index (χ1n) is 9.65. The first-order valence-corrected chi connectivity index (χ1v) is 9.65. The summed E-state index contributed by atoms with van der Waals surface area (Å²) in [5, 5.41) is 2.92. The Morgan fingerprint density at radius 1 is 1.04 bits per heavy atom. The van der Waals surface area contributed by atoms with Crippen LogP contribution >= 0.6 is 0 Å². The molecular formula is C21H25N3O3. The zero-order valence-electron chi connectivity index (χ0n) is 15.4. The molecule has 1 N–H and O–H groups in total. The highest BCUT2D eigenvalue weighted by atomic mass is 16.3. The molecule has 0 atom stereocenters. The van der Waals surface area contributed by atoms with Crippen LogP contribution in [0.4, 0.5) is 11.4 Å². The van der Waals surface area contributed by atoms with Crippen molar-refractivity contribution in [1.82, 2.24) is 4.90 Å². The number of aryl methyl sites for hydroxylation is 1. The van der Waals surface area contributed by atoms with Crippen molar-refractivity contribution in [2.45, 2.75) is 25.7 Å². The van der Waals surface area contributed by atoms with Gasteiger partial charge in [-0.25, -0.2) is 0 Å². The molecule has 4 rings (SSSR count). The van der Waals surface area contributed by atoms with Gasteiger partial charge in [-0.2, -0.15) is 0 Å². The number of benzene rings is 1. The summed E-state index contributed by atoms with van der Waals surface area (Å²) in [6.07, 6.45) is 4.74. The van der Waals surface area contributed by atoms with Crippen molar-refractivity contribution in [2.75, 3.05) is 36.4 Å². The number of piperazine rings is 1. The number of anilines is 2. The van der Waals surface area contributed by atoms with E-state index in [1.54, 1.807) is 6.26 Å². The largest absolute Gasteiger partial charge is 0.469 e. The molecule has 2 aromatic rings. The molecule has 1 aliphatic carbocycles. The zero-order valence-corrected chi connectivity index (χ0v) is 15.4. The van der Waals surface area contributed by atoms with Gasteiger partial charge in [0.15, 0.2) is 0 Å². The fourth-order valence-electron chi connectivity index (χ4n) is 3.44. The van der Waals surface area contributed by atoms with Gasteiger partial charge in [0.05, 0.1) is 6.26 Å². The molecule has 1 saturated carbocycles. The van der Waals surface area contributed by atoms with Crippen LogP contribution in [-0.4, -0.2) is 42.9 Å². The summed E-state index contributed by atoms with van der Waals surface area (Å²) in [5.41, 5.74) is 1.92. The lowest BCUT2D eigenvalue weighted by molar-refractivity contribution is -0.132. The van der Waals surface area contributed by atoms with E-state index in [1.165, 1.54) is 0 Å². The van der Waals surface area contributed by atoms with E-state index < -0.39 is 0 Å². The van der Waals surface area contributed by atoms with Gasteiger partial charge in [-0.15, -0.1) is 0 Å². The first-order chi connectivity index (χ1) is 13.2. The summed E-state index contributed by atoms with van der Waals surface area (Å²) in [6, 6.07) is 11.6. The summed E-state index contributed by atoms with van der Waals surface area (Å²) in [7, 11) is 0. The van der Waals surface area contributed by atoms with Gasteiger partial charge in [0.1, 0.15) is 5.76 Å². The van der Waals surface area contributed by atoms with Crippen molar-refractivity contribution in [3.63, 3.8) is 0 Å². The van der Waals surface area contributed by atoms with Gasteiger partial charge in [0.2, 0.25) is 11.8 Å². The number of rotatable bonds is 6. The Kier molecular flexibility index (Phi) is 5.14. The minimum atomic E-state index is -0.0219. The van der Waals surface area contributed by atoms with E-state index >= 15 is 0 Å². The van der Waals surface area contributed by atoms with Crippen molar-refractivity contribution >= 4 is 23.2 Å². The Labute approximate surface area is 159 Å². The average Bonchev–Trinajstić information content (AvgIpc) is 3.42. The molecule has 0 spiro atoms. The quantitative estimate of drug-likeness (QED) is 0.853. The SMILES string of the molecule is O=C(CCc1ccco1)Nc1ccc(N2CCN(C(=O)C3CC3)CC2)cc1. The summed E-state index contributed by atoms with van der Waals surface area (Å²) < 4.78 is 5.25. The molecule has 0 radical (unpaired) electrons. The molecule has 0 bridgehead atoms. The molecule has 2 amide bonds. The van der Waals surface area contributed by atoms with Crippen LogP contribution in [0.25, 0.3) is 0 Å². The summed E-state index contributed by atoms with van der Waals surface area (Å²) >= 11 is 0. The highest BCUT2D eigenvalue weighted by Gasteiger charge is 2.34. The van der Waals surface area contributed by atoms with Crippen LogP contribution in [0.15, 0.2) is 47.1 Å². The molecule has 6 nitrogen and oxygen atoms in total. The van der Waals surface area contributed by atoms with Crippen LogP contribution in [-0.2, 0) is 16.0 Å². The maximum atomic E-state index is 12.1. The number of carbonyl (C=O) groups excluding carboxylic acids is 2. The molecule has 142 valence electrons. The lowest BCUT2D eigenvalue weighted by Gasteiger charge is -2.36. The van der Waals surface area contributed by atoms with Gasteiger partial charge < -0.3 is 19.5 Å². The van der Waals surface area contributed by atoms with E-state index in [-0.39, 0.29) is 5.91 Å². The summed E-state index contributed by atoms with van der Waals surface area (Å²) in [4.78, 5) is 28.5. The van der Waals surface area contributed by atoms with Crippen molar-refractivity contribution in [1.29, 1.82) is 0 Å². The number of amides is 2. The van der Waals surface area contributed by atoms with Crippen LogP contribution in [0.1, 0.15) is 25.0 Å². The third-order valence-corrected chi connectivity index (χ3v) is 5.21. The minimum absolute atomic E-state index is 0.0219. The second kappa shape index (κ2) is 7.86. The number of hydrogen-bond acceptors (Lipinski definition) is 4. The first kappa shape index (κ1) is 17.6. The second-order valence-corrected chi connectivity index (χ2v) is 7.26. The fraction of sp³-hybridized carbons (Fsp3) is 0.429. The zero-order chi connectivity index (χ0) is 18.6. The Hall–Kier alpha value is -2.76. The van der Waals surface area contributed by atoms with E-state index in [2.05, 4.69) is 10.2 Å². The van der Waals surface area contributed by atoms with Gasteiger partial charge in [-0.1, -0.05) is 0 Å². The number of hydrogen-bond donors (Lipinski definition) is 1. The highest BCUT2D eigenvalue weighted by Crippen LogP contribution is 2.31. The van der Waals surface area contributed by atoms with E-state index in [0.717, 1.165) is 56.2 Å². The Morgan fingerprint density at radius 2 is 1.78 bits per heavy atom. The molecule has 2 aliphatic rings. The van der Waals surface area contributed by atoms with Gasteiger partial charge in [0, 0.05) is 56.3 Å². The maximum absolute atomic E-state index is 12.1. The van der Waals surface area contributed by atoms with E-state index in [4.69, 9.17) is 4.42 Å². The molecule has 1 aromatic carbocycles. The van der Waals surface area contributed by atoms with E-state index in [9.17, 15) is 9.59 Å². The van der Waals surface area contributed by atoms with Crippen molar-refractivity contribution < 1.29 is 14.0 Å². The van der Waals surface area contributed by atoms with Gasteiger partial charge in [-0.05, 0) is 49.2 Å². The Balaban J connectivity index is 1.25. The van der Waals surface area contributed by atoms with Crippen LogP contribution in [0, 0.1) is 5.92 Å². The number of nitrogens with zero attached hydrogens (tertiary/aromatic N) is 2. The second-order valence-electron chi connectivity index (χ2n) is 7.26. The van der Waals surface area contributed by atoms with E-state index in [0.29, 0.717) is 24.7 Å². The van der Waals surface area contributed by atoms with Crippen LogP contribution in [0.3, 0.4) is 0 Å². The topological polar surface area (TPSA) is 65.8 Å². The van der Waals surface area contributed by atoms with E-state index in [1.807, 2.05) is 41.3 Å². The number of furan rings is 1. The Morgan fingerprint density at radius 3 is 2.41 bits per heavy atom. The van der Waals surface area contributed by atoms with Crippen molar-refractivity contribution in [3.05, 3.63) is 48.4 Å². The molecule has 27 heavy (non-hydrogen) atoms. The monoisotopic (exact) mass is 367 g/mol. The summed E-state index contributed by atoms with van der Waals surface area (Å²) in [6.45, 7) is 3.29. The molecule has 1 aliphatic heterocycles. The molecule has 6 heteroatoms. The van der Waals surface area contributed by atoms with Crippen LogP contribution in [0.2, 0.25) is 0 Å². The molecule has 1 saturated heterocycles. The summed E-state index contributed by atoms with van der Waals surface area (Å²) in [5.74, 6) is 1.43. The van der Waals surface area contributed by atoms with Crippen molar-refractivity contribution in [3.8, 4) is 0 Å². The van der Waals surface area contributed by atoms with Crippen LogP contribution < -0.4 is 10.2 Å². The molecular weight excluding hydrogens is 342 g/mol. The molecule has 0 unspecified atom stereocenters. The predicted molar refractivity (Wildman–Crippen MR) is 104 cm³/mol. The lowest BCUT2D eigenvalue weighted by atomic mass is 10.2. The highest BCUT2D eigenvalue weighted by molar-refractivity contribution is 5.91. The lowest BCUT2D eigenvalue weighted by Crippen LogP contribution is -2.49. The van der Waals surface area contributed by atoms with Gasteiger partial charge in [-0.3, -0.25) is 9.59 Å². The Bertz CT molecular complexity index is 774. The third-order valence-electron chi connectivity index (χ3n) is 5.21. The fourth-order valence-corrected chi connectivity index (χ4v) is 3.44. The van der Waals surface area contributed by atoms with Crippen LogP contribution in [0.5, 0.6) is 0 Å². The maximum Gasteiger partial charge on any atom is 0.225 e. The standard InChI is InChI=1S/C21H25N3O3/c25-20(10-9-19-2-1-15-27-19)22-17-5-7-18(8-6-17)23-11-13-24(14-12-23)21(26)16-3-4-16/h1-2,5-8,15-16H,3-4,9-14H2,(H,22,25). The normalized spacial score (nSPS) is 17.0. The average molecular weight is 367 g/mol. The third kappa shape index (κ3) is 4.51. The molecule has 2 fully saturated rings. The number of nitrogens with one attached hydrogen (secondary N) is 1. The van der Waals surface area contributed by atoms with Gasteiger partial charge in [0.25, 0.3) is 0 Å². The smallest absolute Gasteiger partial charge is 0.225 e. The minimum Gasteiger partial charge on any atom is -0.469 e.